The Morgan fingerprint density at radius 1 is 0.583 bits per heavy atom. The highest BCUT2D eigenvalue weighted by atomic mass is 19.2. The smallest absolute Gasteiger partial charge is 0.183 e. The van der Waals surface area contributed by atoms with Gasteiger partial charge in [0.1, 0.15) is 22.8 Å². The van der Waals surface area contributed by atoms with Crippen LogP contribution in [0.3, 0.4) is 0 Å². The topological polar surface area (TPSA) is 52.0 Å². The van der Waals surface area contributed by atoms with Crippen molar-refractivity contribution in [3.8, 4) is 23.7 Å². The molecule has 0 aliphatic carbocycles. The first-order valence-electron chi connectivity index (χ1n) is 6.12. The molecule has 0 saturated carbocycles. The number of hydrogen-bond acceptors (Lipinski definition) is 2. The minimum Gasteiger partial charge on any atom is -0.396 e. The van der Waals surface area contributed by atoms with E-state index in [0.717, 1.165) is 0 Å². The number of nitrogen functional groups attached to an aromatic ring is 2. The van der Waals surface area contributed by atoms with Crippen molar-refractivity contribution >= 4 is 11.4 Å². The van der Waals surface area contributed by atoms with Crippen LogP contribution in [0.2, 0.25) is 0 Å². The standard InChI is InChI=1S/C16H6F6N2/c17-9-5-11(23)15(21)13(19)7(9)3-1-2-4-8-10(18)6-12(24)16(22)14(8)20/h5-6H,23-24H2. The maximum Gasteiger partial charge on any atom is 0.183 e. The molecule has 2 rings (SSSR count). The lowest BCUT2D eigenvalue weighted by Crippen LogP contribution is -2.01. The predicted octanol–water partition coefficient (Wildman–Crippen LogP) is 3.09. The SMILES string of the molecule is Nc1cc(F)c(C#CC#Cc2c(F)cc(N)c(F)c2F)c(F)c1F. The average Bonchev–Trinajstić information content (AvgIpc) is 2.52. The number of nitrogens with two attached hydrogens (primary N) is 2. The molecule has 4 N–H and O–H groups in total. The van der Waals surface area contributed by atoms with Gasteiger partial charge < -0.3 is 11.5 Å². The van der Waals surface area contributed by atoms with Crippen molar-refractivity contribution in [3.63, 3.8) is 0 Å². The first-order valence-corrected chi connectivity index (χ1v) is 6.12. The van der Waals surface area contributed by atoms with E-state index in [9.17, 15) is 26.3 Å². The molecule has 0 saturated heterocycles. The molecular weight excluding hydrogens is 334 g/mol. The van der Waals surface area contributed by atoms with Crippen molar-refractivity contribution < 1.29 is 26.3 Å². The van der Waals surface area contributed by atoms with E-state index in [1.165, 1.54) is 0 Å². The van der Waals surface area contributed by atoms with Gasteiger partial charge in [0, 0.05) is 12.1 Å². The van der Waals surface area contributed by atoms with Crippen molar-refractivity contribution in [1.29, 1.82) is 0 Å². The fourth-order valence-corrected chi connectivity index (χ4v) is 1.64. The minimum absolute atomic E-state index is 0.518. The zero-order valence-corrected chi connectivity index (χ0v) is 11.6. The molecule has 0 unspecified atom stereocenters. The lowest BCUT2D eigenvalue weighted by atomic mass is 10.1. The van der Waals surface area contributed by atoms with E-state index in [1.807, 2.05) is 23.7 Å². The van der Waals surface area contributed by atoms with E-state index in [4.69, 9.17) is 11.5 Å². The zero-order chi connectivity index (χ0) is 18.0. The Hall–Kier alpha value is -3.26. The van der Waals surface area contributed by atoms with Crippen LogP contribution >= 0.6 is 0 Å². The molecule has 2 aromatic rings. The molecule has 2 nitrogen and oxygen atoms in total. The molecule has 0 aliphatic heterocycles. The average molecular weight is 340 g/mol. The molecule has 122 valence electrons. The molecule has 2 aromatic carbocycles. The van der Waals surface area contributed by atoms with E-state index in [1.54, 1.807) is 0 Å². The highest BCUT2D eigenvalue weighted by Gasteiger charge is 2.16. The monoisotopic (exact) mass is 340 g/mol. The van der Waals surface area contributed by atoms with Crippen molar-refractivity contribution in [3.05, 3.63) is 58.2 Å². The van der Waals surface area contributed by atoms with E-state index in [2.05, 4.69) is 0 Å². The Morgan fingerprint density at radius 2 is 0.917 bits per heavy atom. The summed E-state index contributed by atoms with van der Waals surface area (Å²) in [7, 11) is 0. The van der Waals surface area contributed by atoms with Crippen LogP contribution < -0.4 is 11.5 Å². The Labute approximate surface area is 132 Å². The molecule has 0 radical (unpaired) electrons. The second kappa shape index (κ2) is 6.47. The first-order chi connectivity index (χ1) is 11.2. The third kappa shape index (κ3) is 3.08. The number of anilines is 2. The summed E-state index contributed by atoms with van der Waals surface area (Å²) in [5.74, 6) is -1.25. The Morgan fingerprint density at radius 3 is 1.25 bits per heavy atom. The van der Waals surface area contributed by atoms with E-state index in [-0.39, 0.29) is 0 Å². The number of benzene rings is 2. The molecule has 0 aromatic heterocycles. The molecule has 0 fully saturated rings. The van der Waals surface area contributed by atoms with Gasteiger partial charge in [0.25, 0.3) is 0 Å². The fourth-order valence-electron chi connectivity index (χ4n) is 1.64. The van der Waals surface area contributed by atoms with E-state index >= 15 is 0 Å². The molecule has 0 aliphatic rings. The van der Waals surface area contributed by atoms with Crippen LogP contribution in [0.25, 0.3) is 0 Å². The fraction of sp³-hybridized carbons (Fsp3) is 0. The van der Waals surface area contributed by atoms with Gasteiger partial charge in [-0.05, 0) is 23.7 Å². The van der Waals surface area contributed by atoms with Crippen LogP contribution in [-0.4, -0.2) is 0 Å². The summed E-state index contributed by atoms with van der Waals surface area (Å²) in [6.45, 7) is 0. The van der Waals surface area contributed by atoms with Gasteiger partial charge in [-0.3, -0.25) is 0 Å². The van der Waals surface area contributed by atoms with Crippen LogP contribution in [0.15, 0.2) is 12.1 Å². The molecule has 0 heterocycles. The maximum absolute atomic E-state index is 13.5. The van der Waals surface area contributed by atoms with Crippen LogP contribution in [-0.2, 0) is 0 Å². The van der Waals surface area contributed by atoms with Crippen LogP contribution in [0.1, 0.15) is 11.1 Å². The summed E-state index contributed by atoms with van der Waals surface area (Å²) in [6, 6.07) is 1.04. The van der Waals surface area contributed by atoms with Crippen molar-refractivity contribution in [2.24, 2.45) is 0 Å². The summed E-state index contributed by atoms with van der Waals surface area (Å²) in [5.41, 5.74) is 6.63. The zero-order valence-electron chi connectivity index (χ0n) is 11.6. The Kier molecular flexibility index (Phi) is 4.61. The highest BCUT2D eigenvalue weighted by Crippen LogP contribution is 2.21. The Bertz CT molecular complexity index is 881. The van der Waals surface area contributed by atoms with Crippen molar-refractivity contribution in [2.75, 3.05) is 11.5 Å². The largest absolute Gasteiger partial charge is 0.396 e. The molecule has 0 bridgehead atoms. The maximum atomic E-state index is 13.5. The van der Waals surface area contributed by atoms with Gasteiger partial charge in [0.15, 0.2) is 23.3 Å². The summed E-state index contributed by atoms with van der Waals surface area (Å²) in [4.78, 5) is 0. The number of rotatable bonds is 0. The van der Waals surface area contributed by atoms with Gasteiger partial charge in [-0.1, -0.05) is 0 Å². The van der Waals surface area contributed by atoms with E-state index in [0.29, 0.717) is 12.1 Å². The second-order valence-corrected chi connectivity index (χ2v) is 4.40. The summed E-state index contributed by atoms with van der Waals surface area (Å²) in [6.07, 6.45) is 0. The van der Waals surface area contributed by atoms with Gasteiger partial charge in [-0.2, -0.15) is 0 Å². The molecule has 0 amide bonds. The first kappa shape index (κ1) is 17.1. The third-order valence-corrected chi connectivity index (χ3v) is 2.81. The summed E-state index contributed by atoms with van der Waals surface area (Å²) < 4.78 is 80.3. The highest BCUT2D eigenvalue weighted by molar-refractivity contribution is 5.53. The van der Waals surface area contributed by atoms with Gasteiger partial charge in [0.05, 0.1) is 11.4 Å². The minimum atomic E-state index is -1.63. The molecular formula is C16H6F6N2. The van der Waals surface area contributed by atoms with Crippen LogP contribution in [0.4, 0.5) is 37.7 Å². The van der Waals surface area contributed by atoms with Crippen molar-refractivity contribution in [1.82, 2.24) is 0 Å². The lowest BCUT2D eigenvalue weighted by Gasteiger charge is -2.01. The van der Waals surface area contributed by atoms with Crippen LogP contribution in [0, 0.1) is 58.6 Å². The summed E-state index contributed by atoms with van der Waals surface area (Å²) >= 11 is 0. The van der Waals surface area contributed by atoms with Gasteiger partial charge in [-0.25, -0.2) is 26.3 Å². The van der Waals surface area contributed by atoms with Gasteiger partial charge in [0.2, 0.25) is 0 Å². The van der Waals surface area contributed by atoms with Gasteiger partial charge >= 0.3 is 0 Å². The summed E-state index contributed by atoms with van der Waals surface area (Å²) in [5, 5.41) is 0. The lowest BCUT2D eigenvalue weighted by molar-refractivity contribution is 0.495. The Balaban J connectivity index is 2.44. The molecule has 0 spiro atoms. The van der Waals surface area contributed by atoms with E-state index < -0.39 is 57.4 Å². The molecule has 8 heteroatoms. The van der Waals surface area contributed by atoms with Crippen molar-refractivity contribution in [2.45, 2.75) is 0 Å². The van der Waals surface area contributed by atoms with Crippen LogP contribution in [0.5, 0.6) is 0 Å². The number of hydrogen-bond donors (Lipinski definition) is 2. The quantitative estimate of drug-likeness (QED) is 0.335. The molecule has 0 atom stereocenters. The number of halogens is 6. The molecule has 24 heavy (non-hydrogen) atoms. The second-order valence-electron chi connectivity index (χ2n) is 4.40. The van der Waals surface area contributed by atoms with Gasteiger partial charge in [-0.15, -0.1) is 0 Å². The normalized spacial score (nSPS) is 9.75. The third-order valence-electron chi connectivity index (χ3n) is 2.81. The predicted molar refractivity (Wildman–Crippen MR) is 75.2 cm³/mol.